The largest absolute Gasteiger partial charge is 0.454 e. The summed E-state index contributed by atoms with van der Waals surface area (Å²) in [7, 11) is 0. The molecule has 20 heavy (non-hydrogen) atoms. The summed E-state index contributed by atoms with van der Waals surface area (Å²) in [6, 6.07) is 4.40. The van der Waals surface area contributed by atoms with Crippen LogP contribution in [0.25, 0.3) is 0 Å². The van der Waals surface area contributed by atoms with E-state index in [2.05, 4.69) is 10.3 Å². The fourth-order valence-electron chi connectivity index (χ4n) is 1.85. The Morgan fingerprint density at radius 2 is 2.05 bits per heavy atom. The van der Waals surface area contributed by atoms with Crippen LogP contribution in [0.15, 0.2) is 35.4 Å². The lowest BCUT2D eigenvalue weighted by Crippen LogP contribution is -2.21. The minimum Gasteiger partial charge on any atom is -0.454 e. The number of carbonyl (C=O) groups excluding carboxylic acids is 1. The molecule has 3 rings (SSSR count). The Kier molecular flexibility index (Phi) is 2.79. The Bertz CT molecular complexity index is 739. The van der Waals surface area contributed by atoms with E-state index in [-0.39, 0.29) is 17.8 Å². The Labute approximate surface area is 113 Å². The molecule has 0 aliphatic carbocycles. The van der Waals surface area contributed by atoms with Crippen molar-refractivity contribution in [1.29, 1.82) is 0 Å². The van der Waals surface area contributed by atoms with Crippen LogP contribution < -0.4 is 26.0 Å². The summed E-state index contributed by atoms with van der Waals surface area (Å²) in [6.45, 7) is 0.116. The van der Waals surface area contributed by atoms with E-state index < -0.39 is 5.91 Å². The number of aromatic amines is 1. The molecule has 1 aliphatic rings. The highest BCUT2D eigenvalue weighted by Crippen LogP contribution is 2.38. The molecule has 0 saturated heterocycles. The minimum absolute atomic E-state index is 0.00423. The molecule has 0 atom stereocenters. The van der Waals surface area contributed by atoms with Gasteiger partial charge in [0.15, 0.2) is 16.9 Å². The summed E-state index contributed by atoms with van der Waals surface area (Å²) in [4.78, 5) is 26.3. The monoisotopic (exact) mass is 273 g/mol. The Balaban J connectivity index is 1.90. The summed E-state index contributed by atoms with van der Waals surface area (Å²) in [5, 5.41) is 2.58. The van der Waals surface area contributed by atoms with Crippen LogP contribution in [0, 0.1) is 0 Å². The second kappa shape index (κ2) is 4.61. The zero-order valence-electron chi connectivity index (χ0n) is 10.3. The van der Waals surface area contributed by atoms with Crippen molar-refractivity contribution in [2.75, 3.05) is 17.8 Å². The van der Waals surface area contributed by atoms with Crippen LogP contribution in [0.4, 0.5) is 11.4 Å². The molecule has 4 N–H and O–H groups in total. The number of ether oxygens (including phenoxy) is 2. The first kappa shape index (κ1) is 12.1. The van der Waals surface area contributed by atoms with Crippen molar-refractivity contribution in [3.63, 3.8) is 0 Å². The van der Waals surface area contributed by atoms with Crippen molar-refractivity contribution in [3.05, 3.63) is 46.4 Å². The molecule has 0 unspecified atom stereocenters. The first-order valence-electron chi connectivity index (χ1n) is 5.83. The highest BCUT2D eigenvalue weighted by molar-refractivity contribution is 6.05. The van der Waals surface area contributed by atoms with Crippen LogP contribution in [0.2, 0.25) is 0 Å². The molecular weight excluding hydrogens is 262 g/mol. The van der Waals surface area contributed by atoms with Crippen molar-refractivity contribution in [2.45, 2.75) is 0 Å². The number of amides is 1. The average molecular weight is 273 g/mol. The summed E-state index contributed by atoms with van der Waals surface area (Å²) < 4.78 is 10.4. The quantitative estimate of drug-likeness (QED) is 0.706. The molecule has 0 radical (unpaired) electrons. The smallest absolute Gasteiger partial charge is 0.261 e. The van der Waals surface area contributed by atoms with Gasteiger partial charge in [0.25, 0.3) is 5.91 Å². The van der Waals surface area contributed by atoms with Crippen molar-refractivity contribution in [2.24, 2.45) is 0 Å². The predicted molar refractivity (Wildman–Crippen MR) is 72.0 cm³/mol. The Morgan fingerprint density at radius 3 is 2.80 bits per heavy atom. The third-order valence-corrected chi connectivity index (χ3v) is 2.86. The number of nitrogens with two attached hydrogens (primary N) is 1. The minimum atomic E-state index is -0.544. The van der Waals surface area contributed by atoms with Crippen molar-refractivity contribution < 1.29 is 14.3 Å². The maximum Gasteiger partial charge on any atom is 0.261 e. The van der Waals surface area contributed by atoms with Gasteiger partial charge in [0.2, 0.25) is 6.79 Å². The van der Waals surface area contributed by atoms with E-state index in [0.29, 0.717) is 22.9 Å². The fourth-order valence-corrected chi connectivity index (χ4v) is 1.85. The third-order valence-electron chi connectivity index (χ3n) is 2.86. The predicted octanol–water partition coefficient (Wildman–Crippen LogP) is 0.938. The number of hydrogen-bond acceptors (Lipinski definition) is 5. The first-order chi connectivity index (χ1) is 9.65. The second-order valence-electron chi connectivity index (χ2n) is 4.17. The number of pyridine rings is 1. The van der Waals surface area contributed by atoms with Crippen LogP contribution in [0.1, 0.15) is 10.4 Å². The summed E-state index contributed by atoms with van der Waals surface area (Å²) in [5.74, 6) is 0.479. The first-order valence-corrected chi connectivity index (χ1v) is 5.83. The van der Waals surface area contributed by atoms with E-state index in [1.54, 1.807) is 12.1 Å². The van der Waals surface area contributed by atoms with Gasteiger partial charge in [-0.05, 0) is 0 Å². The van der Waals surface area contributed by atoms with Crippen LogP contribution in [0.5, 0.6) is 11.5 Å². The average Bonchev–Trinajstić information content (AvgIpc) is 2.86. The zero-order chi connectivity index (χ0) is 14.1. The van der Waals surface area contributed by atoms with Gasteiger partial charge in [0.05, 0.1) is 11.4 Å². The number of nitrogen functional groups attached to an aromatic ring is 1. The van der Waals surface area contributed by atoms with Crippen LogP contribution in [0.3, 0.4) is 0 Å². The second-order valence-corrected chi connectivity index (χ2v) is 4.17. The molecule has 1 aliphatic heterocycles. The van der Waals surface area contributed by atoms with Gasteiger partial charge in [0.1, 0.15) is 5.56 Å². The number of benzene rings is 1. The van der Waals surface area contributed by atoms with Gasteiger partial charge in [-0.1, -0.05) is 0 Å². The van der Waals surface area contributed by atoms with Gasteiger partial charge < -0.3 is 25.5 Å². The Morgan fingerprint density at radius 1 is 1.30 bits per heavy atom. The lowest BCUT2D eigenvalue weighted by atomic mass is 10.2. The highest BCUT2D eigenvalue weighted by atomic mass is 16.7. The molecule has 0 saturated carbocycles. The summed E-state index contributed by atoms with van der Waals surface area (Å²) >= 11 is 0. The number of anilines is 2. The van der Waals surface area contributed by atoms with E-state index in [1.807, 2.05) is 0 Å². The molecule has 0 bridgehead atoms. The van der Waals surface area contributed by atoms with Gasteiger partial charge in [0, 0.05) is 30.6 Å². The number of hydrogen-bond donors (Lipinski definition) is 3. The standard InChI is InChI=1S/C13H11N3O4/c14-8-3-11-12(20-6-19-11)4-9(8)16-13(18)7-5-15-2-1-10(7)17/h1-5H,6,14H2,(H,15,17)(H,16,18). The number of nitrogens with one attached hydrogen (secondary N) is 2. The molecule has 1 amide bonds. The van der Waals surface area contributed by atoms with Crippen molar-refractivity contribution in [1.82, 2.24) is 4.98 Å². The molecule has 0 spiro atoms. The molecule has 0 fully saturated rings. The maximum absolute atomic E-state index is 12.0. The van der Waals surface area contributed by atoms with Gasteiger partial charge in [-0.2, -0.15) is 0 Å². The van der Waals surface area contributed by atoms with Gasteiger partial charge in [-0.3, -0.25) is 9.59 Å². The van der Waals surface area contributed by atoms with E-state index in [1.165, 1.54) is 18.5 Å². The molecule has 7 heteroatoms. The van der Waals surface area contributed by atoms with Gasteiger partial charge in [-0.25, -0.2) is 0 Å². The third kappa shape index (κ3) is 2.05. The van der Waals surface area contributed by atoms with Gasteiger partial charge in [-0.15, -0.1) is 0 Å². The molecule has 102 valence electrons. The topological polar surface area (TPSA) is 106 Å². The maximum atomic E-state index is 12.0. The highest BCUT2D eigenvalue weighted by Gasteiger charge is 2.18. The zero-order valence-corrected chi connectivity index (χ0v) is 10.3. The number of H-pyrrole nitrogens is 1. The van der Waals surface area contributed by atoms with Crippen LogP contribution >= 0.6 is 0 Å². The number of fused-ring (bicyclic) bond motifs is 1. The van der Waals surface area contributed by atoms with E-state index in [0.717, 1.165) is 0 Å². The summed E-state index contributed by atoms with van der Waals surface area (Å²) in [5.41, 5.74) is 6.14. The molecule has 2 aromatic rings. The molecule has 2 heterocycles. The summed E-state index contributed by atoms with van der Waals surface area (Å²) in [6.07, 6.45) is 2.79. The fraction of sp³-hybridized carbons (Fsp3) is 0.0769. The van der Waals surface area contributed by atoms with Crippen molar-refractivity contribution >= 4 is 17.3 Å². The van der Waals surface area contributed by atoms with E-state index in [9.17, 15) is 9.59 Å². The van der Waals surface area contributed by atoms with Gasteiger partial charge >= 0.3 is 0 Å². The molecule has 7 nitrogen and oxygen atoms in total. The van der Waals surface area contributed by atoms with Crippen LogP contribution in [-0.4, -0.2) is 17.7 Å². The lowest BCUT2D eigenvalue weighted by Gasteiger charge is -2.09. The van der Waals surface area contributed by atoms with Crippen LogP contribution in [-0.2, 0) is 0 Å². The van der Waals surface area contributed by atoms with E-state index in [4.69, 9.17) is 15.2 Å². The molecular formula is C13H11N3O4. The SMILES string of the molecule is Nc1cc2c(cc1NC(=O)c1c[nH]ccc1=O)OCO2. The molecule has 1 aromatic carbocycles. The lowest BCUT2D eigenvalue weighted by molar-refractivity contribution is 0.102. The number of aromatic nitrogens is 1. The number of carbonyl (C=O) groups is 1. The number of rotatable bonds is 2. The molecule has 1 aromatic heterocycles. The van der Waals surface area contributed by atoms with Crippen molar-refractivity contribution in [3.8, 4) is 11.5 Å². The van der Waals surface area contributed by atoms with E-state index >= 15 is 0 Å². The Hall–Kier alpha value is -2.96. The normalized spacial score (nSPS) is 12.2.